The van der Waals surface area contributed by atoms with E-state index in [0.29, 0.717) is 36.5 Å². The molecule has 2 aromatic heterocycles. The van der Waals surface area contributed by atoms with E-state index in [0.717, 1.165) is 59.1 Å². The number of aromatic nitrogens is 3. The number of rotatable bonds is 10. The summed E-state index contributed by atoms with van der Waals surface area (Å²) in [6.07, 6.45) is 2.06. The maximum absolute atomic E-state index is 13.1. The maximum atomic E-state index is 13.1. The molecule has 2 fully saturated rings. The second-order valence-corrected chi connectivity index (χ2v) is 13.0. The lowest BCUT2D eigenvalue weighted by Crippen LogP contribution is -2.58. The van der Waals surface area contributed by atoms with Crippen molar-refractivity contribution in [3.8, 4) is 11.3 Å². The molecule has 3 aliphatic heterocycles. The molecule has 0 bridgehead atoms. The third kappa shape index (κ3) is 6.32. The van der Waals surface area contributed by atoms with Crippen molar-refractivity contribution in [2.24, 2.45) is 0 Å². The third-order valence-electron chi connectivity index (χ3n) is 9.65. The number of nitrogens with two attached hydrogens (primary N) is 1. The summed E-state index contributed by atoms with van der Waals surface area (Å²) in [5.41, 5.74) is 10.8. The van der Waals surface area contributed by atoms with Crippen molar-refractivity contribution in [3.63, 3.8) is 0 Å². The number of benzene rings is 2. The van der Waals surface area contributed by atoms with Crippen LogP contribution < -0.4 is 26.6 Å². The molecule has 2 saturated heterocycles. The summed E-state index contributed by atoms with van der Waals surface area (Å²) in [6.45, 7) is 9.26. The van der Waals surface area contributed by atoms with E-state index >= 15 is 0 Å². The van der Waals surface area contributed by atoms with Crippen molar-refractivity contribution in [1.82, 2.24) is 35.6 Å². The van der Waals surface area contributed by atoms with Gasteiger partial charge in [0.1, 0.15) is 17.6 Å². The number of imide groups is 2. The Labute approximate surface area is 283 Å². The molecule has 0 saturated carbocycles. The fourth-order valence-electron chi connectivity index (χ4n) is 7.18. The van der Waals surface area contributed by atoms with Gasteiger partial charge >= 0.3 is 0 Å². The molecule has 5 heterocycles. The van der Waals surface area contributed by atoms with Gasteiger partial charge in [0.15, 0.2) is 0 Å². The van der Waals surface area contributed by atoms with Crippen LogP contribution in [0.2, 0.25) is 0 Å². The standard InChI is InChI=1S/C35H40N10O4/c1-20-18-43(30-15-22(9-10-39-30)32-27-16-23(36)3-6-28(27)41-42-32)19-21(2)44(20)14-13-37-11-12-38-24-4-5-25-26(17-24)35(49)45(34(25)48)29-7-8-31(46)40-33(29)47/h3-6,9-10,15-17,20-21,29,37-38H,7-8,11-14,18-19,36H2,1-2H3,(H,41,42)(H,40,46,47)/t20-,21+,29?. The average Bonchev–Trinajstić information content (AvgIpc) is 3.61. The van der Waals surface area contributed by atoms with E-state index < -0.39 is 29.7 Å². The number of carbonyl (C=O) groups excluding carboxylic acids is 4. The van der Waals surface area contributed by atoms with Crippen LogP contribution in [-0.2, 0) is 9.59 Å². The first-order valence-corrected chi connectivity index (χ1v) is 16.7. The third-order valence-corrected chi connectivity index (χ3v) is 9.65. The van der Waals surface area contributed by atoms with Gasteiger partial charge in [0.05, 0.1) is 16.6 Å². The molecule has 14 heteroatoms. The quantitative estimate of drug-likeness (QED) is 0.0953. The maximum Gasteiger partial charge on any atom is 0.262 e. The van der Waals surface area contributed by atoms with Gasteiger partial charge in [-0.2, -0.15) is 5.10 Å². The summed E-state index contributed by atoms with van der Waals surface area (Å²) < 4.78 is 0. The number of amides is 4. The molecule has 254 valence electrons. The largest absolute Gasteiger partial charge is 0.399 e. The molecule has 0 aliphatic carbocycles. The van der Waals surface area contributed by atoms with Crippen molar-refractivity contribution >= 4 is 51.7 Å². The number of carbonyl (C=O) groups is 4. The van der Waals surface area contributed by atoms with Gasteiger partial charge < -0.3 is 21.3 Å². The summed E-state index contributed by atoms with van der Waals surface area (Å²) in [5.74, 6) is -1.10. The van der Waals surface area contributed by atoms with Gasteiger partial charge in [-0.25, -0.2) is 4.98 Å². The Bertz CT molecular complexity index is 1930. The minimum atomic E-state index is -0.976. The lowest BCUT2D eigenvalue weighted by molar-refractivity contribution is -0.136. The van der Waals surface area contributed by atoms with E-state index in [1.807, 2.05) is 30.5 Å². The number of nitrogen functional groups attached to an aromatic ring is 1. The predicted octanol–water partition coefficient (Wildman–Crippen LogP) is 2.21. The predicted molar refractivity (Wildman–Crippen MR) is 186 cm³/mol. The number of H-pyrrole nitrogens is 1. The molecule has 3 atom stereocenters. The zero-order chi connectivity index (χ0) is 34.2. The van der Waals surface area contributed by atoms with Crippen molar-refractivity contribution in [1.29, 1.82) is 0 Å². The fourth-order valence-corrected chi connectivity index (χ4v) is 7.18. The molecule has 7 rings (SSSR count). The monoisotopic (exact) mass is 664 g/mol. The molecule has 2 aromatic carbocycles. The highest BCUT2D eigenvalue weighted by Gasteiger charge is 2.44. The van der Waals surface area contributed by atoms with Gasteiger partial charge in [-0.3, -0.25) is 39.4 Å². The van der Waals surface area contributed by atoms with Gasteiger partial charge in [0, 0.05) is 86.3 Å². The number of anilines is 3. The van der Waals surface area contributed by atoms with E-state index in [2.05, 4.69) is 55.9 Å². The number of pyridine rings is 1. The number of aromatic amines is 1. The van der Waals surface area contributed by atoms with E-state index in [4.69, 9.17) is 10.7 Å². The molecule has 4 aromatic rings. The lowest BCUT2D eigenvalue weighted by atomic mass is 10.0. The smallest absolute Gasteiger partial charge is 0.262 e. The molecule has 3 aliphatic rings. The first-order chi connectivity index (χ1) is 23.7. The molecule has 0 spiro atoms. The van der Waals surface area contributed by atoms with Crippen molar-refractivity contribution in [3.05, 3.63) is 65.9 Å². The van der Waals surface area contributed by atoms with Crippen LogP contribution in [0.1, 0.15) is 47.4 Å². The Morgan fingerprint density at radius 1 is 0.918 bits per heavy atom. The SMILES string of the molecule is C[C@@H]1CN(c2cc(-c3n[nH]c4ccc(N)cc34)ccn2)C[C@H](C)N1CCNCCNc1ccc2c(c1)C(=O)N(C1CCC(=O)NC1=O)C2=O. The van der Waals surface area contributed by atoms with E-state index in [1.54, 1.807) is 18.2 Å². The van der Waals surface area contributed by atoms with Crippen LogP contribution in [0.3, 0.4) is 0 Å². The summed E-state index contributed by atoms with van der Waals surface area (Å²) >= 11 is 0. The molecule has 4 amide bonds. The Morgan fingerprint density at radius 2 is 1.71 bits per heavy atom. The second-order valence-electron chi connectivity index (χ2n) is 13.0. The summed E-state index contributed by atoms with van der Waals surface area (Å²) in [4.78, 5) is 60.4. The Morgan fingerprint density at radius 3 is 2.51 bits per heavy atom. The topological polar surface area (TPSA) is 182 Å². The van der Waals surface area contributed by atoms with Gasteiger partial charge in [0.25, 0.3) is 11.8 Å². The normalized spacial score (nSPS) is 21.4. The molecule has 1 unspecified atom stereocenters. The minimum absolute atomic E-state index is 0.0889. The molecular weight excluding hydrogens is 624 g/mol. The average molecular weight is 665 g/mol. The number of piperazine rings is 1. The van der Waals surface area contributed by atoms with E-state index in [9.17, 15) is 19.2 Å². The molecule has 0 radical (unpaired) electrons. The molecule has 6 N–H and O–H groups in total. The second kappa shape index (κ2) is 13.3. The number of hydrogen-bond donors (Lipinski definition) is 5. The van der Waals surface area contributed by atoms with Gasteiger partial charge in [-0.15, -0.1) is 0 Å². The minimum Gasteiger partial charge on any atom is -0.399 e. The van der Waals surface area contributed by atoms with Crippen LogP contribution in [-0.4, -0.2) is 106 Å². The number of fused-ring (bicyclic) bond motifs is 2. The summed E-state index contributed by atoms with van der Waals surface area (Å²) in [5, 5.41) is 17.7. The fraction of sp³-hybridized carbons (Fsp3) is 0.371. The highest BCUT2D eigenvalue weighted by Crippen LogP contribution is 2.31. The number of piperidine rings is 1. The van der Waals surface area contributed by atoms with E-state index in [-0.39, 0.29) is 24.0 Å². The first kappa shape index (κ1) is 32.2. The zero-order valence-corrected chi connectivity index (χ0v) is 27.5. The van der Waals surface area contributed by atoms with Crippen LogP contribution in [0.4, 0.5) is 17.2 Å². The zero-order valence-electron chi connectivity index (χ0n) is 27.5. The van der Waals surface area contributed by atoms with Gasteiger partial charge in [-0.05, 0) is 68.8 Å². The highest BCUT2D eigenvalue weighted by atomic mass is 16.2. The molecule has 14 nitrogen and oxygen atoms in total. The molecular formula is C35H40N10O4. The Kier molecular flexibility index (Phi) is 8.73. The van der Waals surface area contributed by atoms with Gasteiger partial charge in [-0.1, -0.05) is 0 Å². The van der Waals surface area contributed by atoms with Crippen LogP contribution >= 0.6 is 0 Å². The summed E-state index contributed by atoms with van der Waals surface area (Å²) in [6, 6.07) is 14.5. The lowest BCUT2D eigenvalue weighted by Gasteiger charge is -2.45. The first-order valence-electron chi connectivity index (χ1n) is 16.7. The van der Waals surface area contributed by atoms with E-state index in [1.165, 1.54) is 0 Å². The summed E-state index contributed by atoms with van der Waals surface area (Å²) in [7, 11) is 0. The Hall–Kier alpha value is -5.34. The number of nitrogens with one attached hydrogen (secondary N) is 4. The molecule has 49 heavy (non-hydrogen) atoms. The van der Waals surface area contributed by atoms with Crippen LogP contribution in [0.5, 0.6) is 0 Å². The van der Waals surface area contributed by atoms with Crippen molar-refractivity contribution < 1.29 is 19.2 Å². The van der Waals surface area contributed by atoms with Crippen LogP contribution in [0.25, 0.3) is 22.2 Å². The van der Waals surface area contributed by atoms with Crippen molar-refractivity contribution in [2.75, 3.05) is 55.2 Å². The number of nitrogens with zero attached hydrogens (tertiary/aromatic N) is 5. The van der Waals surface area contributed by atoms with Crippen LogP contribution in [0.15, 0.2) is 54.7 Å². The highest BCUT2D eigenvalue weighted by molar-refractivity contribution is 6.23. The van der Waals surface area contributed by atoms with Crippen LogP contribution in [0, 0.1) is 0 Å². The van der Waals surface area contributed by atoms with Crippen molar-refractivity contribution in [2.45, 2.75) is 44.8 Å². The number of hydrogen-bond acceptors (Lipinski definition) is 11. The van der Waals surface area contributed by atoms with Gasteiger partial charge in [0.2, 0.25) is 11.8 Å². The Balaban J connectivity index is 0.880.